The summed E-state index contributed by atoms with van der Waals surface area (Å²) >= 11 is 0. The predicted octanol–water partition coefficient (Wildman–Crippen LogP) is 3.74. The highest BCUT2D eigenvalue weighted by Gasteiger charge is 2.51. The summed E-state index contributed by atoms with van der Waals surface area (Å²) in [5.74, 6) is 1.31. The fraction of sp³-hybridized carbons (Fsp3) is 0.444. The van der Waals surface area contributed by atoms with Crippen molar-refractivity contribution in [3.63, 3.8) is 0 Å². The maximum absolute atomic E-state index is 13.4. The Morgan fingerprint density at radius 1 is 1.14 bits per heavy atom. The van der Waals surface area contributed by atoms with E-state index in [4.69, 9.17) is 9.47 Å². The smallest absolute Gasteiger partial charge is 0.235 e. The zero-order valence-electron chi connectivity index (χ0n) is 21.5. The Hall–Kier alpha value is -3.08. The number of benzene rings is 2. The molecule has 37 heavy (non-hydrogen) atoms. The second-order valence-electron chi connectivity index (χ2n) is 11.0. The van der Waals surface area contributed by atoms with Crippen molar-refractivity contribution in [2.45, 2.75) is 57.1 Å². The lowest BCUT2D eigenvalue weighted by molar-refractivity contribution is -0.118. The van der Waals surface area contributed by atoms with Crippen molar-refractivity contribution >= 4 is 32.5 Å². The number of anilines is 1. The first-order valence-electron chi connectivity index (χ1n) is 12.3. The molecule has 2 heterocycles. The molecule has 3 N–H and O–H groups in total. The minimum absolute atomic E-state index is 0. The second-order valence-corrected chi connectivity index (χ2v) is 12.9. The summed E-state index contributed by atoms with van der Waals surface area (Å²) in [6.45, 7) is 6.62. The van der Waals surface area contributed by atoms with Crippen LogP contribution < -0.4 is 19.5 Å². The highest BCUT2D eigenvalue weighted by molar-refractivity contribution is 7.88. The Morgan fingerprint density at radius 3 is 2.54 bits per heavy atom. The first-order chi connectivity index (χ1) is 17.4. The average molecular weight is 532 g/mol. The van der Waals surface area contributed by atoms with Crippen LogP contribution in [0.1, 0.15) is 47.7 Å². The number of aromatic nitrogens is 1. The quantitative estimate of drug-likeness (QED) is 0.408. The van der Waals surface area contributed by atoms with E-state index in [-0.39, 0.29) is 34.1 Å². The van der Waals surface area contributed by atoms with Crippen LogP contribution in [-0.4, -0.2) is 49.7 Å². The fourth-order valence-corrected chi connectivity index (χ4v) is 5.40. The van der Waals surface area contributed by atoms with Crippen LogP contribution in [0.2, 0.25) is 0 Å². The van der Waals surface area contributed by atoms with Crippen LogP contribution in [-0.2, 0) is 32.2 Å². The van der Waals surface area contributed by atoms with Crippen molar-refractivity contribution in [1.82, 2.24) is 9.29 Å². The highest BCUT2D eigenvalue weighted by Crippen LogP contribution is 2.51. The molecule has 2 aromatic carbocycles. The number of nitrogens with zero attached hydrogens (tertiary/aromatic N) is 1. The van der Waals surface area contributed by atoms with Crippen LogP contribution in [0.25, 0.3) is 10.9 Å². The molecular weight excluding hydrogens is 494 g/mol. The lowest BCUT2D eigenvalue weighted by Crippen LogP contribution is -2.34. The van der Waals surface area contributed by atoms with Gasteiger partial charge in [-0.2, -0.15) is 0 Å². The van der Waals surface area contributed by atoms with Gasteiger partial charge in [-0.1, -0.05) is 26.8 Å². The minimum atomic E-state index is -3.40. The lowest BCUT2D eigenvalue weighted by atomic mass is 9.92. The summed E-state index contributed by atoms with van der Waals surface area (Å²) < 4.78 is 38.2. The van der Waals surface area contributed by atoms with Gasteiger partial charge in [0.05, 0.1) is 24.3 Å². The van der Waals surface area contributed by atoms with E-state index in [2.05, 4.69) is 36.9 Å². The van der Waals surface area contributed by atoms with Gasteiger partial charge in [-0.15, -0.1) is 0 Å². The first-order valence-corrected chi connectivity index (χ1v) is 14.2. The second kappa shape index (κ2) is 9.04. The van der Waals surface area contributed by atoms with Gasteiger partial charge in [0.1, 0.15) is 0 Å². The van der Waals surface area contributed by atoms with Crippen molar-refractivity contribution in [3.05, 3.63) is 53.7 Å². The number of rotatable bonds is 8. The third kappa shape index (κ3) is 5.18. The van der Waals surface area contributed by atoms with Gasteiger partial charge in [-0.05, 0) is 54.8 Å². The van der Waals surface area contributed by atoms with Crippen LogP contribution in [0.5, 0.6) is 11.5 Å². The minimum Gasteiger partial charge on any atom is -0.454 e. The van der Waals surface area contributed by atoms with Crippen LogP contribution in [0.3, 0.4) is 0 Å². The van der Waals surface area contributed by atoms with Gasteiger partial charge in [0.15, 0.2) is 11.5 Å². The number of sulfonamides is 1. The van der Waals surface area contributed by atoms with Crippen molar-refractivity contribution in [2.75, 3.05) is 24.9 Å². The number of fused-ring (bicyclic) bond motifs is 2. The van der Waals surface area contributed by atoms with Gasteiger partial charge in [-0.3, -0.25) is 4.79 Å². The van der Waals surface area contributed by atoms with E-state index in [1.807, 2.05) is 41.0 Å². The normalized spacial score (nSPS) is 17.1. The first kappa shape index (κ1) is 25.6. The van der Waals surface area contributed by atoms with Crippen molar-refractivity contribution < 1.29 is 30.6 Å². The van der Waals surface area contributed by atoms with E-state index in [1.54, 1.807) is 0 Å². The number of ether oxygens (including phenoxy) is 2. The zero-order chi connectivity index (χ0) is 26.6. The number of hydrogen-bond donors (Lipinski definition) is 3. The lowest BCUT2D eigenvalue weighted by Gasteiger charge is -2.24. The molecule has 1 unspecified atom stereocenters. The van der Waals surface area contributed by atoms with Gasteiger partial charge in [0.2, 0.25) is 22.7 Å². The summed E-state index contributed by atoms with van der Waals surface area (Å²) in [4.78, 5) is 13.4. The predicted molar refractivity (Wildman–Crippen MR) is 146 cm³/mol. The van der Waals surface area contributed by atoms with Gasteiger partial charge < -0.3 is 24.5 Å². The standard InChI is InChI=1S/C27H33N3O6S.2H2/c1-26(2,3)24-12-17-11-19(6-7-21(17)30(24)15-20(31)14-28-37(4,33)34)29-25(32)27(9-10-27)18-5-8-22-23(13-18)36-16-35-22;;/h5-8,11-13,20,28,31H,9-10,14-16H2,1-4H3,(H,29,32);2*1H. The van der Waals surface area contributed by atoms with Crippen molar-refractivity contribution in [3.8, 4) is 11.5 Å². The largest absolute Gasteiger partial charge is 0.454 e. The van der Waals surface area contributed by atoms with E-state index in [9.17, 15) is 18.3 Å². The third-order valence-corrected chi connectivity index (χ3v) is 7.70. The number of amides is 1. The number of aliphatic hydroxyl groups is 1. The Morgan fingerprint density at radius 2 is 1.86 bits per heavy atom. The maximum Gasteiger partial charge on any atom is 0.235 e. The molecule has 0 radical (unpaired) electrons. The SMILES string of the molecule is CC(C)(C)c1cc2cc(NC(=O)C3(c4ccc5c(c4)OCO5)CC3)ccc2n1CC(O)CNS(C)(=O)=O.[HH].[HH]. The molecule has 1 aliphatic carbocycles. The van der Waals surface area contributed by atoms with Crippen molar-refractivity contribution in [2.24, 2.45) is 0 Å². The van der Waals surface area contributed by atoms with E-state index >= 15 is 0 Å². The summed E-state index contributed by atoms with van der Waals surface area (Å²) in [7, 11) is -3.40. The van der Waals surface area contributed by atoms with Crippen molar-refractivity contribution in [1.29, 1.82) is 0 Å². The molecule has 1 amide bonds. The molecule has 1 fully saturated rings. The van der Waals surface area contributed by atoms with Crippen LogP contribution >= 0.6 is 0 Å². The molecule has 1 aliphatic heterocycles. The van der Waals surface area contributed by atoms with Crippen LogP contribution in [0.15, 0.2) is 42.5 Å². The Bertz CT molecular complexity index is 1480. The molecule has 0 saturated heterocycles. The Kier molecular flexibility index (Phi) is 6.24. The molecule has 0 bridgehead atoms. The van der Waals surface area contributed by atoms with E-state index in [0.29, 0.717) is 17.2 Å². The molecule has 1 aromatic heterocycles. The molecule has 1 saturated carbocycles. The number of carbonyl (C=O) groups excluding carboxylic acids is 1. The molecule has 202 valence electrons. The number of nitrogens with one attached hydrogen (secondary N) is 2. The average Bonchev–Trinajstić information content (AvgIpc) is 3.36. The molecular formula is C27H37N3O6S. The Balaban J connectivity index is 0.00000210. The molecule has 5 rings (SSSR count). The summed E-state index contributed by atoms with van der Waals surface area (Å²) in [6.07, 6.45) is 1.71. The summed E-state index contributed by atoms with van der Waals surface area (Å²) in [5, 5.41) is 14.6. The summed E-state index contributed by atoms with van der Waals surface area (Å²) in [6, 6.07) is 13.5. The number of hydrogen-bond acceptors (Lipinski definition) is 6. The van der Waals surface area contributed by atoms with Crippen LogP contribution in [0, 0.1) is 0 Å². The zero-order valence-corrected chi connectivity index (χ0v) is 22.3. The Labute approximate surface area is 219 Å². The fourth-order valence-electron chi connectivity index (χ4n) is 4.91. The van der Waals surface area contributed by atoms with Gasteiger partial charge in [0, 0.05) is 37.1 Å². The number of aliphatic hydroxyl groups excluding tert-OH is 1. The summed E-state index contributed by atoms with van der Waals surface area (Å²) in [5.41, 5.74) is 2.73. The number of carbonyl (C=O) groups is 1. The molecule has 2 aliphatic rings. The van der Waals surface area contributed by atoms with Gasteiger partial charge >= 0.3 is 0 Å². The third-order valence-electron chi connectivity index (χ3n) is 7.01. The molecule has 10 heteroatoms. The van der Waals surface area contributed by atoms with E-state index in [0.717, 1.165) is 41.3 Å². The molecule has 9 nitrogen and oxygen atoms in total. The molecule has 3 aromatic rings. The highest BCUT2D eigenvalue weighted by atomic mass is 32.2. The topological polar surface area (TPSA) is 119 Å². The van der Waals surface area contributed by atoms with E-state index in [1.165, 1.54) is 0 Å². The molecule has 1 atom stereocenters. The molecule has 0 spiro atoms. The van der Waals surface area contributed by atoms with E-state index < -0.39 is 21.5 Å². The van der Waals surface area contributed by atoms with Crippen LogP contribution in [0.4, 0.5) is 5.69 Å². The monoisotopic (exact) mass is 531 g/mol. The van der Waals surface area contributed by atoms with Gasteiger partial charge in [0.25, 0.3) is 0 Å². The van der Waals surface area contributed by atoms with Gasteiger partial charge in [-0.25, -0.2) is 13.1 Å². The maximum atomic E-state index is 13.4.